The molecule has 1 spiro atoms. The molecule has 2 aliphatic heterocycles. The first-order chi connectivity index (χ1) is 14.1. The number of hydrogen-bond donors (Lipinski definition) is 0. The zero-order valence-electron chi connectivity index (χ0n) is 17.3. The molecule has 4 rings (SSSR count). The van der Waals surface area contributed by atoms with E-state index in [1.807, 2.05) is 16.7 Å². The molecule has 0 aromatic heterocycles. The average Bonchev–Trinajstić information content (AvgIpc) is 3.43. The van der Waals surface area contributed by atoms with E-state index in [1.165, 1.54) is 12.8 Å². The Bertz CT molecular complexity index is 770. The topological polar surface area (TPSA) is 59.1 Å². The van der Waals surface area contributed by atoms with Crippen molar-refractivity contribution in [1.82, 2.24) is 9.80 Å². The fourth-order valence-corrected chi connectivity index (χ4v) is 6.39. The summed E-state index contributed by atoms with van der Waals surface area (Å²) in [5.41, 5.74) is 0.558. The molecule has 1 saturated carbocycles. The fourth-order valence-electron chi connectivity index (χ4n) is 4.93. The molecule has 158 valence electrons. The molecule has 1 aromatic carbocycles. The van der Waals surface area contributed by atoms with Gasteiger partial charge >= 0.3 is 0 Å². The van der Waals surface area contributed by atoms with Gasteiger partial charge < -0.3 is 19.3 Å². The maximum atomic E-state index is 13.1. The van der Waals surface area contributed by atoms with E-state index >= 15 is 0 Å². The lowest BCUT2D eigenvalue weighted by molar-refractivity contribution is -0.138. The quantitative estimate of drug-likeness (QED) is 0.750. The predicted octanol–water partition coefficient (Wildman–Crippen LogP) is 3.40. The van der Waals surface area contributed by atoms with Crippen LogP contribution in [0.2, 0.25) is 0 Å². The standard InChI is InChI=1S/C22H30N2O4S/c1-27-17-7-8-18(19(15-17)28-2)21(26)23-11-9-22(10-12-23)24(13-14-29-22)20(25)16-5-3-4-6-16/h7-8,15-16H,3-6,9-14H2,1-2H3. The highest BCUT2D eigenvalue weighted by Crippen LogP contribution is 2.46. The Morgan fingerprint density at radius 1 is 1.07 bits per heavy atom. The number of amides is 2. The number of hydrogen-bond acceptors (Lipinski definition) is 5. The third-order valence-electron chi connectivity index (χ3n) is 6.62. The van der Waals surface area contributed by atoms with Gasteiger partial charge in [-0.3, -0.25) is 9.59 Å². The highest BCUT2D eigenvalue weighted by atomic mass is 32.2. The average molecular weight is 419 g/mol. The van der Waals surface area contributed by atoms with Crippen molar-refractivity contribution < 1.29 is 19.1 Å². The van der Waals surface area contributed by atoms with E-state index in [-0.39, 0.29) is 16.7 Å². The molecule has 3 fully saturated rings. The Morgan fingerprint density at radius 2 is 1.79 bits per heavy atom. The Morgan fingerprint density at radius 3 is 2.45 bits per heavy atom. The number of carbonyl (C=O) groups excluding carboxylic acids is 2. The van der Waals surface area contributed by atoms with Crippen molar-refractivity contribution in [3.8, 4) is 11.5 Å². The second kappa shape index (κ2) is 8.46. The highest BCUT2D eigenvalue weighted by Gasteiger charge is 2.48. The first-order valence-electron chi connectivity index (χ1n) is 10.5. The third-order valence-corrected chi connectivity index (χ3v) is 8.17. The molecule has 2 saturated heterocycles. The van der Waals surface area contributed by atoms with Crippen LogP contribution in [0.3, 0.4) is 0 Å². The molecule has 3 aliphatic rings. The molecule has 0 radical (unpaired) electrons. The molecule has 0 bridgehead atoms. The number of thioether (sulfide) groups is 1. The summed E-state index contributed by atoms with van der Waals surface area (Å²) in [5, 5.41) is 0. The highest BCUT2D eigenvalue weighted by molar-refractivity contribution is 8.00. The first-order valence-corrected chi connectivity index (χ1v) is 11.5. The van der Waals surface area contributed by atoms with Gasteiger partial charge in [0.25, 0.3) is 5.91 Å². The van der Waals surface area contributed by atoms with Crippen LogP contribution in [0.25, 0.3) is 0 Å². The van der Waals surface area contributed by atoms with Crippen LogP contribution in [0.1, 0.15) is 48.9 Å². The van der Waals surface area contributed by atoms with E-state index in [1.54, 1.807) is 32.4 Å². The first kappa shape index (κ1) is 20.4. The van der Waals surface area contributed by atoms with Crippen LogP contribution in [-0.4, -0.2) is 66.1 Å². The summed E-state index contributed by atoms with van der Waals surface area (Å²) in [7, 11) is 3.16. The molecular formula is C22H30N2O4S. The van der Waals surface area contributed by atoms with Crippen molar-refractivity contribution in [2.45, 2.75) is 43.4 Å². The molecule has 1 aromatic rings. The molecule has 0 atom stereocenters. The van der Waals surface area contributed by atoms with Crippen molar-refractivity contribution in [3.63, 3.8) is 0 Å². The van der Waals surface area contributed by atoms with Crippen LogP contribution in [0.4, 0.5) is 0 Å². The third kappa shape index (κ3) is 3.81. The van der Waals surface area contributed by atoms with Crippen molar-refractivity contribution in [2.24, 2.45) is 5.92 Å². The van der Waals surface area contributed by atoms with Gasteiger partial charge in [0.1, 0.15) is 11.5 Å². The van der Waals surface area contributed by atoms with E-state index in [2.05, 4.69) is 4.90 Å². The van der Waals surface area contributed by atoms with Gasteiger partial charge in [-0.2, -0.15) is 0 Å². The van der Waals surface area contributed by atoms with Gasteiger partial charge in [-0.15, -0.1) is 11.8 Å². The van der Waals surface area contributed by atoms with Gasteiger partial charge in [0, 0.05) is 37.4 Å². The van der Waals surface area contributed by atoms with E-state index < -0.39 is 0 Å². The minimum Gasteiger partial charge on any atom is -0.497 e. The zero-order valence-corrected chi connectivity index (χ0v) is 18.1. The van der Waals surface area contributed by atoms with Crippen LogP contribution in [0.5, 0.6) is 11.5 Å². The van der Waals surface area contributed by atoms with Crippen LogP contribution in [-0.2, 0) is 4.79 Å². The van der Waals surface area contributed by atoms with Gasteiger partial charge in [0.05, 0.1) is 24.7 Å². The maximum Gasteiger partial charge on any atom is 0.257 e. The number of piperidine rings is 1. The van der Waals surface area contributed by atoms with Crippen molar-refractivity contribution >= 4 is 23.6 Å². The smallest absolute Gasteiger partial charge is 0.257 e. The summed E-state index contributed by atoms with van der Waals surface area (Å²) in [6, 6.07) is 5.30. The second-order valence-corrected chi connectivity index (χ2v) is 9.58. The second-order valence-electron chi connectivity index (χ2n) is 8.12. The van der Waals surface area contributed by atoms with Gasteiger partial charge in [-0.1, -0.05) is 12.8 Å². The SMILES string of the molecule is COc1ccc(C(=O)N2CCC3(CC2)SCCN3C(=O)C2CCCC2)c(OC)c1. The van der Waals surface area contributed by atoms with Gasteiger partial charge in [0.2, 0.25) is 5.91 Å². The van der Waals surface area contributed by atoms with Gasteiger partial charge in [0.15, 0.2) is 0 Å². The van der Waals surface area contributed by atoms with Crippen LogP contribution in [0.15, 0.2) is 18.2 Å². The number of methoxy groups -OCH3 is 2. The number of nitrogens with zero attached hydrogens (tertiary/aromatic N) is 2. The van der Waals surface area contributed by atoms with E-state index in [0.717, 1.165) is 38.0 Å². The van der Waals surface area contributed by atoms with Gasteiger partial charge in [-0.25, -0.2) is 0 Å². The summed E-state index contributed by atoms with van der Waals surface area (Å²) in [6.07, 6.45) is 6.10. The number of ether oxygens (including phenoxy) is 2. The number of likely N-dealkylation sites (tertiary alicyclic amines) is 1. The zero-order chi connectivity index (χ0) is 20.4. The number of carbonyl (C=O) groups is 2. The van der Waals surface area contributed by atoms with Crippen molar-refractivity contribution in [3.05, 3.63) is 23.8 Å². The Labute approximate surface area is 176 Å². The normalized spacial score (nSPS) is 21.6. The van der Waals surface area contributed by atoms with E-state index in [4.69, 9.17) is 9.47 Å². The van der Waals surface area contributed by atoms with Crippen LogP contribution < -0.4 is 9.47 Å². The summed E-state index contributed by atoms with van der Waals surface area (Å²) >= 11 is 1.91. The van der Waals surface area contributed by atoms with Crippen molar-refractivity contribution in [2.75, 3.05) is 39.6 Å². The molecule has 0 N–H and O–H groups in total. The largest absolute Gasteiger partial charge is 0.497 e. The fraction of sp³-hybridized carbons (Fsp3) is 0.636. The monoisotopic (exact) mass is 418 g/mol. The summed E-state index contributed by atoms with van der Waals surface area (Å²) in [6.45, 7) is 2.17. The lowest BCUT2D eigenvalue weighted by Crippen LogP contribution is -2.54. The maximum absolute atomic E-state index is 13.1. The molecular weight excluding hydrogens is 388 g/mol. The number of rotatable bonds is 4. The minimum atomic E-state index is -0.125. The lowest BCUT2D eigenvalue weighted by atomic mass is 9.98. The molecule has 1 aliphatic carbocycles. The summed E-state index contributed by atoms with van der Waals surface area (Å²) < 4.78 is 10.6. The number of benzene rings is 1. The lowest BCUT2D eigenvalue weighted by Gasteiger charge is -2.44. The minimum absolute atomic E-state index is 0.0176. The van der Waals surface area contributed by atoms with Crippen LogP contribution in [0, 0.1) is 5.92 Å². The Balaban J connectivity index is 1.45. The van der Waals surface area contributed by atoms with Crippen molar-refractivity contribution in [1.29, 1.82) is 0 Å². The molecule has 2 amide bonds. The summed E-state index contributed by atoms with van der Waals surface area (Å²) in [5.74, 6) is 2.75. The van der Waals surface area contributed by atoms with E-state index in [9.17, 15) is 9.59 Å². The van der Waals surface area contributed by atoms with E-state index in [0.29, 0.717) is 36.1 Å². The molecule has 2 heterocycles. The molecule has 29 heavy (non-hydrogen) atoms. The molecule has 6 nitrogen and oxygen atoms in total. The predicted molar refractivity (Wildman–Crippen MR) is 114 cm³/mol. The molecule has 7 heteroatoms. The van der Waals surface area contributed by atoms with Crippen LogP contribution >= 0.6 is 11.8 Å². The van der Waals surface area contributed by atoms with Gasteiger partial charge in [-0.05, 0) is 37.8 Å². The summed E-state index contributed by atoms with van der Waals surface area (Å²) in [4.78, 5) is 30.2. The Hall–Kier alpha value is -1.89. The Kier molecular flexibility index (Phi) is 5.95. The molecule has 0 unspecified atom stereocenters.